The molecule has 0 amide bonds. The molecule has 2 rings (SSSR count). The second kappa shape index (κ2) is 5.52. The Balaban J connectivity index is 1.97. The van der Waals surface area contributed by atoms with Gasteiger partial charge in [0, 0.05) is 12.6 Å². The summed E-state index contributed by atoms with van der Waals surface area (Å²) in [5.41, 5.74) is 1.14. The molecule has 6 heteroatoms. The van der Waals surface area contributed by atoms with E-state index in [0.717, 1.165) is 31.5 Å². The van der Waals surface area contributed by atoms with Gasteiger partial charge in [-0.1, -0.05) is 20.8 Å². The predicted molar refractivity (Wildman–Crippen MR) is 78.8 cm³/mol. The molecule has 0 radical (unpaired) electrons. The van der Waals surface area contributed by atoms with Crippen molar-refractivity contribution in [3.05, 3.63) is 17.0 Å². The van der Waals surface area contributed by atoms with Crippen LogP contribution in [0.1, 0.15) is 39.2 Å². The number of nitrogens with one attached hydrogen (secondary N) is 2. The third-order valence-corrected chi connectivity index (χ3v) is 6.42. The van der Waals surface area contributed by atoms with Gasteiger partial charge in [0.1, 0.15) is 4.21 Å². The van der Waals surface area contributed by atoms with E-state index in [4.69, 9.17) is 0 Å². The molecular formula is C13H22N2O2S2. The van der Waals surface area contributed by atoms with Gasteiger partial charge in [0.25, 0.3) is 0 Å². The second-order valence-corrected chi connectivity index (χ2v) is 8.67. The van der Waals surface area contributed by atoms with E-state index < -0.39 is 10.0 Å². The van der Waals surface area contributed by atoms with E-state index in [0.29, 0.717) is 4.21 Å². The first kappa shape index (κ1) is 15.0. The Hall–Kier alpha value is -0.430. The Kier molecular flexibility index (Phi) is 4.35. The minimum Gasteiger partial charge on any atom is -0.313 e. The van der Waals surface area contributed by atoms with Crippen LogP contribution in [0.5, 0.6) is 0 Å². The number of sulfonamides is 1. The van der Waals surface area contributed by atoms with Crippen molar-refractivity contribution < 1.29 is 8.42 Å². The summed E-state index contributed by atoms with van der Waals surface area (Å²) in [7, 11) is -3.34. The van der Waals surface area contributed by atoms with Gasteiger partial charge in [0.15, 0.2) is 0 Å². The smallest absolute Gasteiger partial charge is 0.250 e. The normalized spacial score (nSPS) is 21.5. The fourth-order valence-corrected chi connectivity index (χ4v) is 4.54. The Morgan fingerprint density at radius 3 is 2.74 bits per heavy atom. The van der Waals surface area contributed by atoms with Crippen LogP contribution in [0, 0.1) is 5.41 Å². The fourth-order valence-electron chi connectivity index (χ4n) is 1.91. The van der Waals surface area contributed by atoms with E-state index in [2.05, 4.69) is 30.8 Å². The largest absolute Gasteiger partial charge is 0.313 e. The first-order chi connectivity index (χ1) is 8.85. The van der Waals surface area contributed by atoms with Crippen LogP contribution >= 0.6 is 11.3 Å². The molecule has 0 saturated heterocycles. The Morgan fingerprint density at radius 2 is 2.16 bits per heavy atom. The average molecular weight is 302 g/mol. The van der Waals surface area contributed by atoms with Crippen molar-refractivity contribution in [3.8, 4) is 0 Å². The molecule has 1 saturated carbocycles. The van der Waals surface area contributed by atoms with Crippen LogP contribution in [-0.4, -0.2) is 21.0 Å². The number of hydrogen-bond acceptors (Lipinski definition) is 4. The Morgan fingerprint density at radius 1 is 1.47 bits per heavy atom. The highest BCUT2D eigenvalue weighted by atomic mass is 32.2. The molecular weight excluding hydrogens is 280 g/mol. The lowest BCUT2D eigenvalue weighted by atomic mass is 10.2. The molecule has 1 aliphatic rings. The molecule has 0 aliphatic heterocycles. The molecule has 0 aromatic carbocycles. The van der Waals surface area contributed by atoms with Gasteiger partial charge in [0.05, 0.1) is 0 Å². The van der Waals surface area contributed by atoms with Crippen LogP contribution in [0.2, 0.25) is 0 Å². The number of rotatable bonds is 7. The lowest BCUT2D eigenvalue weighted by Gasteiger charge is -2.06. The maximum absolute atomic E-state index is 12.2. The zero-order chi connectivity index (χ0) is 14.1. The highest BCUT2D eigenvalue weighted by Crippen LogP contribution is 2.45. The zero-order valence-corrected chi connectivity index (χ0v) is 13.3. The summed E-state index contributed by atoms with van der Waals surface area (Å²) in [5, 5.41) is 5.19. The van der Waals surface area contributed by atoms with Gasteiger partial charge < -0.3 is 5.32 Å². The van der Waals surface area contributed by atoms with E-state index in [-0.39, 0.29) is 11.5 Å². The molecule has 108 valence electrons. The van der Waals surface area contributed by atoms with Gasteiger partial charge >= 0.3 is 0 Å². The summed E-state index contributed by atoms with van der Waals surface area (Å²) < 4.78 is 27.6. The van der Waals surface area contributed by atoms with Crippen LogP contribution in [0.3, 0.4) is 0 Å². The quantitative estimate of drug-likeness (QED) is 0.760. The number of hydrogen-bond donors (Lipinski definition) is 2. The van der Waals surface area contributed by atoms with Crippen molar-refractivity contribution in [3.63, 3.8) is 0 Å². The monoisotopic (exact) mass is 302 g/mol. The molecule has 1 aromatic rings. The lowest BCUT2D eigenvalue weighted by Crippen LogP contribution is -2.27. The third kappa shape index (κ3) is 3.78. The molecule has 0 bridgehead atoms. The first-order valence-electron chi connectivity index (χ1n) is 6.65. The van der Waals surface area contributed by atoms with E-state index >= 15 is 0 Å². The van der Waals surface area contributed by atoms with Crippen molar-refractivity contribution in [1.82, 2.24) is 10.0 Å². The molecule has 1 unspecified atom stereocenters. The zero-order valence-electron chi connectivity index (χ0n) is 11.7. The average Bonchev–Trinajstić information content (AvgIpc) is 2.77. The molecule has 1 heterocycles. The van der Waals surface area contributed by atoms with Crippen molar-refractivity contribution in [2.45, 2.75) is 50.4 Å². The first-order valence-corrected chi connectivity index (χ1v) is 9.02. The molecule has 1 aromatic heterocycles. The SMILES string of the molecule is CCCNCc1csc(S(=O)(=O)NC2CC2(C)C)c1. The van der Waals surface area contributed by atoms with Crippen LogP contribution < -0.4 is 10.0 Å². The Labute approximate surface area is 119 Å². The molecule has 1 fully saturated rings. The van der Waals surface area contributed by atoms with Gasteiger partial charge in [0.2, 0.25) is 10.0 Å². The summed E-state index contributed by atoms with van der Waals surface area (Å²) >= 11 is 1.29. The predicted octanol–water partition coefficient (Wildman–Crippen LogP) is 2.32. The molecule has 1 atom stereocenters. The molecule has 2 N–H and O–H groups in total. The highest BCUT2D eigenvalue weighted by Gasteiger charge is 2.48. The van der Waals surface area contributed by atoms with Gasteiger partial charge in [-0.05, 0) is 41.8 Å². The van der Waals surface area contributed by atoms with Crippen molar-refractivity contribution in [2.24, 2.45) is 5.41 Å². The van der Waals surface area contributed by atoms with E-state index in [1.807, 2.05) is 5.38 Å². The van der Waals surface area contributed by atoms with Crippen LogP contribution in [0.25, 0.3) is 0 Å². The summed E-state index contributed by atoms with van der Waals surface area (Å²) in [6.07, 6.45) is 2.00. The topological polar surface area (TPSA) is 58.2 Å². The van der Waals surface area contributed by atoms with Gasteiger partial charge in [-0.25, -0.2) is 13.1 Å². The van der Waals surface area contributed by atoms with Crippen LogP contribution in [0.15, 0.2) is 15.7 Å². The lowest BCUT2D eigenvalue weighted by molar-refractivity contribution is 0.556. The molecule has 1 aliphatic carbocycles. The standard InChI is InChI=1S/C13H22N2O2S2/c1-4-5-14-8-10-6-12(18-9-10)19(16,17)15-11-7-13(11,2)3/h6,9,11,14-15H,4-5,7-8H2,1-3H3. The van der Waals surface area contributed by atoms with Crippen LogP contribution in [0.4, 0.5) is 0 Å². The van der Waals surface area contributed by atoms with Crippen LogP contribution in [-0.2, 0) is 16.6 Å². The summed E-state index contributed by atoms with van der Waals surface area (Å²) in [6.45, 7) is 7.95. The minimum atomic E-state index is -3.34. The van der Waals surface area contributed by atoms with Crippen molar-refractivity contribution >= 4 is 21.4 Å². The van der Waals surface area contributed by atoms with E-state index in [1.54, 1.807) is 6.07 Å². The molecule has 19 heavy (non-hydrogen) atoms. The second-order valence-electron chi connectivity index (χ2n) is 5.82. The van der Waals surface area contributed by atoms with Crippen molar-refractivity contribution in [2.75, 3.05) is 6.54 Å². The molecule has 0 spiro atoms. The Bertz CT molecular complexity index is 535. The van der Waals surface area contributed by atoms with Gasteiger partial charge in [-0.3, -0.25) is 0 Å². The summed E-state index contributed by atoms with van der Waals surface area (Å²) in [5.74, 6) is 0. The van der Waals surface area contributed by atoms with Gasteiger partial charge in [-0.15, -0.1) is 11.3 Å². The maximum Gasteiger partial charge on any atom is 0.250 e. The minimum absolute atomic E-state index is 0.0845. The van der Waals surface area contributed by atoms with Crippen molar-refractivity contribution in [1.29, 1.82) is 0 Å². The highest BCUT2D eigenvalue weighted by molar-refractivity contribution is 7.91. The fraction of sp³-hybridized carbons (Fsp3) is 0.692. The summed E-state index contributed by atoms with van der Waals surface area (Å²) in [6, 6.07) is 1.85. The van der Waals surface area contributed by atoms with E-state index in [1.165, 1.54) is 11.3 Å². The molecule has 4 nitrogen and oxygen atoms in total. The van der Waals surface area contributed by atoms with E-state index in [9.17, 15) is 8.42 Å². The maximum atomic E-state index is 12.2. The summed E-state index contributed by atoms with van der Waals surface area (Å²) in [4.78, 5) is 0. The number of thiophene rings is 1. The third-order valence-electron chi connectivity index (χ3n) is 3.46. The van der Waals surface area contributed by atoms with Gasteiger partial charge in [-0.2, -0.15) is 0 Å².